The van der Waals surface area contributed by atoms with Crippen molar-refractivity contribution < 1.29 is 26.7 Å². The molecular weight excluding hydrogens is 589 g/mol. The van der Waals surface area contributed by atoms with Gasteiger partial charge in [-0.1, -0.05) is 17.7 Å². The molecule has 1 saturated heterocycles. The minimum absolute atomic E-state index is 0.0522. The highest BCUT2D eigenvalue weighted by Crippen LogP contribution is 2.44. The van der Waals surface area contributed by atoms with Crippen molar-refractivity contribution >= 4 is 17.5 Å². The number of piperidine rings is 1. The van der Waals surface area contributed by atoms with E-state index < -0.39 is 36.1 Å². The lowest BCUT2D eigenvalue weighted by molar-refractivity contribution is -0.139. The quantitative estimate of drug-likeness (QED) is 0.267. The molecule has 43 heavy (non-hydrogen) atoms. The third-order valence-electron chi connectivity index (χ3n) is 8.88. The Labute approximate surface area is 252 Å². The molecule has 1 aromatic heterocycles. The highest BCUT2D eigenvalue weighted by Gasteiger charge is 2.44. The number of benzene rings is 2. The van der Waals surface area contributed by atoms with Crippen molar-refractivity contribution in [1.29, 1.82) is 0 Å². The molecule has 5 rings (SSSR count). The Balaban J connectivity index is 1.32. The molecule has 3 atom stereocenters. The molecule has 2 heterocycles. The zero-order valence-corrected chi connectivity index (χ0v) is 25.1. The first-order valence-electron chi connectivity index (χ1n) is 14.5. The second kappa shape index (κ2) is 12.5. The van der Waals surface area contributed by atoms with Crippen LogP contribution in [0.4, 0.5) is 22.0 Å². The molecule has 6 nitrogen and oxygen atoms in total. The van der Waals surface area contributed by atoms with Crippen LogP contribution in [0.25, 0.3) is 5.69 Å². The minimum Gasteiger partial charge on any atom is -0.342 e. The van der Waals surface area contributed by atoms with Gasteiger partial charge in [-0.3, -0.25) is 4.79 Å². The average Bonchev–Trinajstić information content (AvgIpc) is 3.57. The summed E-state index contributed by atoms with van der Waals surface area (Å²) in [6.07, 6.45) is -3.36. The van der Waals surface area contributed by atoms with Crippen LogP contribution in [-0.4, -0.2) is 69.4 Å². The molecular formula is C31H35ClF5N5O. The van der Waals surface area contributed by atoms with Gasteiger partial charge in [0, 0.05) is 48.6 Å². The third-order valence-corrected chi connectivity index (χ3v) is 9.31. The van der Waals surface area contributed by atoms with Crippen LogP contribution in [0.5, 0.6) is 0 Å². The fraction of sp³-hybridized carbons (Fsp3) is 0.516. The van der Waals surface area contributed by atoms with Crippen molar-refractivity contribution in [1.82, 2.24) is 24.6 Å². The molecule has 0 spiro atoms. The van der Waals surface area contributed by atoms with Crippen LogP contribution >= 0.6 is 11.6 Å². The number of carbonyl (C=O) groups excluding carboxylic acids is 1. The van der Waals surface area contributed by atoms with Gasteiger partial charge in [0.2, 0.25) is 5.91 Å². The first-order valence-corrected chi connectivity index (χ1v) is 14.9. The Morgan fingerprint density at radius 3 is 2.44 bits per heavy atom. The van der Waals surface area contributed by atoms with Crippen LogP contribution in [0.15, 0.2) is 36.4 Å². The molecule has 0 unspecified atom stereocenters. The number of halogens is 6. The number of hydrogen-bond donors (Lipinski definition) is 0. The minimum atomic E-state index is -4.30. The van der Waals surface area contributed by atoms with Gasteiger partial charge in [0.05, 0.1) is 12.1 Å². The number of likely N-dealkylation sites (tertiary alicyclic amines) is 1. The van der Waals surface area contributed by atoms with E-state index in [2.05, 4.69) is 5.10 Å². The highest BCUT2D eigenvalue weighted by atomic mass is 35.5. The Kier molecular flexibility index (Phi) is 9.13. The lowest BCUT2D eigenvalue weighted by atomic mass is 9.86. The summed E-state index contributed by atoms with van der Waals surface area (Å²) >= 11 is 6.22. The summed E-state index contributed by atoms with van der Waals surface area (Å²) < 4.78 is 69.2. The molecule has 0 radical (unpaired) electrons. The molecule has 3 aromatic rings. The summed E-state index contributed by atoms with van der Waals surface area (Å²) in [6, 6.07) is 8.64. The van der Waals surface area contributed by atoms with Crippen LogP contribution in [0.3, 0.4) is 0 Å². The number of nitrogens with zero attached hydrogens (tertiary/aromatic N) is 5. The van der Waals surface area contributed by atoms with Gasteiger partial charge in [0.25, 0.3) is 0 Å². The van der Waals surface area contributed by atoms with Crippen molar-refractivity contribution in [2.75, 3.05) is 26.7 Å². The second-order valence-electron chi connectivity index (χ2n) is 11.8. The zero-order valence-electron chi connectivity index (χ0n) is 24.3. The Morgan fingerprint density at radius 2 is 1.79 bits per heavy atom. The number of aryl methyl sites for hydroxylation is 2. The Bertz CT molecular complexity index is 1470. The number of carbonyl (C=O) groups is 1. The van der Waals surface area contributed by atoms with Crippen molar-refractivity contribution in [3.8, 4) is 5.69 Å². The molecule has 0 N–H and O–H groups in total. The largest absolute Gasteiger partial charge is 0.390 e. The molecule has 2 aromatic carbocycles. The zero-order chi connectivity index (χ0) is 31.1. The van der Waals surface area contributed by atoms with Gasteiger partial charge in [0.15, 0.2) is 0 Å². The molecule has 12 heteroatoms. The van der Waals surface area contributed by atoms with Gasteiger partial charge in [-0.15, -0.1) is 0 Å². The predicted octanol–water partition coefficient (Wildman–Crippen LogP) is 6.97. The van der Waals surface area contributed by atoms with E-state index in [1.807, 2.05) is 36.7 Å². The number of alkyl halides is 3. The summed E-state index contributed by atoms with van der Waals surface area (Å²) in [7, 11) is 1.60. The maximum Gasteiger partial charge on any atom is 0.390 e. The van der Waals surface area contributed by atoms with Gasteiger partial charge in [0.1, 0.15) is 23.3 Å². The van der Waals surface area contributed by atoms with E-state index >= 15 is 0 Å². The van der Waals surface area contributed by atoms with Crippen LogP contribution in [0.1, 0.15) is 66.7 Å². The van der Waals surface area contributed by atoms with Crippen LogP contribution in [0, 0.1) is 31.4 Å². The smallest absolute Gasteiger partial charge is 0.342 e. The van der Waals surface area contributed by atoms with Crippen molar-refractivity contribution in [3.05, 3.63) is 75.8 Å². The van der Waals surface area contributed by atoms with Gasteiger partial charge < -0.3 is 9.80 Å². The van der Waals surface area contributed by atoms with Crippen molar-refractivity contribution in [2.45, 2.75) is 70.0 Å². The van der Waals surface area contributed by atoms with E-state index in [0.717, 1.165) is 29.2 Å². The van der Waals surface area contributed by atoms with E-state index in [1.165, 1.54) is 6.07 Å². The molecule has 1 amide bonds. The van der Waals surface area contributed by atoms with Crippen molar-refractivity contribution in [3.63, 3.8) is 0 Å². The number of rotatable bonds is 7. The first kappa shape index (κ1) is 31.4. The number of hydrogen-bond acceptors (Lipinski definition) is 4. The number of aromatic nitrogens is 3. The first-order chi connectivity index (χ1) is 20.3. The second-order valence-corrected chi connectivity index (χ2v) is 12.2. The lowest BCUT2D eigenvalue weighted by Gasteiger charge is -2.34. The van der Waals surface area contributed by atoms with E-state index in [1.54, 1.807) is 16.8 Å². The van der Waals surface area contributed by atoms with Crippen molar-refractivity contribution in [2.24, 2.45) is 5.92 Å². The topological polar surface area (TPSA) is 54.3 Å². The van der Waals surface area contributed by atoms with Gasteiger partial charge >= 0.3 is 6.18 Å². The summed E-state index contributed by atoms with van der Waals surface area (Å²) in [5, 5.41) is 5.26. The van der Waals surface area contributed by atoms with Gasteiger partial charge in [-0.2, -0.15) is 18.3 Å². The van der Waals surface area contributed by atoms with Crippen LogP contribution in [0.2, 0.25) is 5.02 Å². The van der Waals surface area contributed by atoms with E-state index in [9.17, 15) is 26.7 Å². The molecule has 0 bridgehead atoms. The molecule has 1 aliphatic heterocycles. The molecule has 232 valence electrons. The maximum absolute atomic E-state index is 14.9. The Morgan fingerprint density at radius 1 is 1.07 bits per heavy atom. The maximum atomic E-state index is 14.9. The predicted molar refractivity (Wildman–Crippen MR) is 153 cm³/mol. The molecule has 2 fully saturated rings. The summed E-state index contributed by atoms with van der Waals surface area (Å²) in [4.78, 5) is 22.0. The summed E-state index contributed by atoms with van der Waals surface area (Å²) in [5.74, 6) is -1.31. The average molecular weight is 624 g/mol. The fourth-order valence-electron chi connectivity index (χ4n) is 6.51. The normalized spacial score (nSPS) is 21.6. The van der Waals surface area contributed by atoms with E-state index in [4.69, 9.17) is 16.6 Å². The monoisotopic (exact) mass is 623 g/mol. The molecule has 1 saturated carbocycles. The summed E-state index contributed by atoms with van der Waals surface area (Å²) in [6.45, 7) is 4.45. The molecule has 2 aliphatic rings. The Hall–Kier alpha value is -3.05. The SMILES string of the molecule is Cc1nc(C2CCN(C(=O)[C@@H]3C[C@H](N(C)CCC(F)(F)F)C[C@H]3c3ccc(F)cc3F)CC2)n(-c2ccc(Cl)c(C)c2)n1. The van der Waals surface area contributed by atoms with Gasteiger partial charge in [-0.25, -0.2) is 18.4 Å². The summed E-state index contributed by atoms with van der Waals surface area (Å²) in [5.41, 5.74) is 2.00. The lowest BCUT2D eigenvalue weighted by Crippen LogP contribution is -2.42. The van der Waals surface area contributed by atoms with Crippen LogP contribution in [-0.2, 0) is 4.79 Å². The third kappa shape index (κ3) is 7.03. The number of amides is 1. The van der Waals surface area contributed by atoms with E-state index in [-0.39, 0.29) is 30.0 Å². The fourth-order valence-corrected chi connectivity index (χ4v) is 6.63. The van der Waals surface area contributed by atoms with E-state index in [0.29, 0.717) is 49.6 Å². The van der Waals surface area contributed by atoms with Gasteiger partial charge in [-0.05, 0) is 87.9 Å². The standard InChI is InChI=1S/C31H35ClF5N5O/c1-18-14-22(5-7-27(18)32)42-29(38-19(2)39-42)20-8-11-41(12-9-20)30(43)26-17-23(40(3)13-10-31(35,36)37)16-25(26)24-6-4-21(33)15-28(24)34/h4-7,14-15,20,23,25-26H,8-13,16-17H2,1-3H3/t23-,25+,26-/m1/s1. The highest BCUT2D eigenvalue weighted by molar-refractivity contribution is 6.31. The molecule has 1 aliphatic carbocycles. The van der Waals surface area contributed by atoms with Crippen LogP contribution < -0.4 is 0 Å².